The maximum absolute atomic E-state index is 12.2. The van der Waals surface area contributed by atoms with Crippen molar-refractivity contribution in [3.8, 4) is 12.1 Å². The topological polar surface area (TPSA) is 106 Å². The molecule has 0 aliphatic carbocycles. The first-order valence-corrected chi connectivity index (χ1v) is 9.19. The summed E-state index contributed by atoms with van der Waals surface area (Å²) in [4.78, 5) is 24.3. The monoisotopic (exact) mass is 368 g/mol. The molecule has 1 atom stereocenters. The van der Waals surface area contributed by atoms with Gasteiger partial charge in [-0.2, -0.15) is 10.5 Å². The zero-order valence-electron chi connectivity index (χ0n) is 14.9. The van der Waals surface area contributed by atoms with Crippen LogP contribution in [0.3, 0.4) is 0 Å². The molecule has 0 bridgehead atoms. The van der Waals surface area contributed by atoms with Crippen molar-refractivity contribution in [1.82, 2.24) is 5.32 Å². The van der Waals surface area contributed by atoms with Gasteiger partial charge in [0.15, 0.2) is 0 Å². The largest absolute Gasteiger partial charge is 0.325 e. The molecule has 1 aliphatic rings. The number of nitriles is 2. The Morgan fingerprint density at radius 3 is 2.50 bits per heavy atom. The van der Waals surface area contributed by atoms with Crippen molar-refractivity contribution in [3.63, 3.8) is 0 Å². The van der Waals surface area contributed by atoms with E-state index in [1.165, 1.54) is 5.56 Å². The van der Waals surface area contributed by atoms with E-state index in [4.69, 9.17) is 0 Å². The molecule has 1 aromatic rings. The number of nitrogens with one attached hydrogen (secondary N) is 2. The highest BCUT2D eigenvalue weighted by Gasteiger charge is 2.44. The van der Waals surface area contributed by atoms with Crippen molar-refractivity contribution in [2.45, 2.75) is 27.2 Å². The third-order valence-corrected chi connectivity index (χ3v) is 5.33. The van der Waals surface area contributed by atoms with E-state index in [0.717, 1.165) is 18.2 Å². The quantitative estimate of drug-likeness (QED) is 0.831. The minimum Gasteiger partial charge on any atom is -0.325 e. The molecule has 0 radical (unpaired) electrons. The van der Waals surface area contributed by atoms with E-state index in [2.05, 4.69) is 23.6 Å². The van der Waals surface area contributed by atoms with Gasteiger partial charge in [0.1, 0.15) is 5.92 Å². The maximum atomic E-state index is 12.2. The molecule has 0 aromatic heterocycles. The molecule has 134 valence electrons. The number of benzene rings is 1. The Kier molecular flexibility index (Phi) is 6.07. The SMILES string of the molecule is CCc1ccc(NC(=O)CSC2=C(C#N)C(C)(C)[C@@H](C#N)C(=O)N2)cc1. The van der Waals surface area contributed by atoms with Crippen molar-refractivity contribution < 1.29 is 9.59 Å². The minimum absolute atomic E-state index is 0.0453. The fourth-order valence-corrected chi connectivity index (χ4v) is 3.67. The standard InChI is InChI=1S/C19H20N4O2S/c1-4-12-5-7-13(8-6-12)22-16(24)11-26-18-15(10-21)19(2,3)14(9-20)17(25)23-18/h5-8,14H,4,11H2,1-3H3,(H,22,24)(H,23,25)/t14-/m0/s1. The van der Waals surface area contributed by atoms with Crippen molar-refractivity contribution in [2.75, 3.05) is 11.1 Å². The highest BCUT2D eigenvalue weighted by Crippen LogP contribution is 2.41. The number of nitrogens with zero attached hydrogens (tertiary/aromatic N) is 2. The van der Waals surface area contributed by atoms with E-state index in [9.17, 15) is 20.1 Å². The Morgan fingerprint density at radius 1 is 1.31 bits per heavy atom. The van der Waals surface area contributed by atoms with Crippen molar-refractivity contribution in [2.24, 2.45) is 11.3 Å². The van der Waals surface area contributed by atoms with Crippen LogP contribution < -0.4 is 10.6 Å². The number of thioether (sulfide) groups is 1. The van der Waals surface area contributed by atoms with Crippen LogP contribution in [-0.4, -0.2) is 17.6 Å². The molecule has 0 saturated heterocycles. The first kappa shape index (κ1) is 19.6. The molecule has 0 unspecified atom stereocenters. The number of hydrogen-bond donors (Lipinski definition) is 2. The molecule has 26 heavy (non-hydrogen) atoms. The summed E-state index contributed by atoms with van der Waals surface area (Å²) in [6.45, 7) is 5.43. The maximum Gasteiger partial charge on any atom is 0.243 e. The van der Waals surface area contributed by atoms with Gasteiger partial charge < -0.3 is 10.6 Å². The number of anilines is 1. The number of amides is 2. The molecule has 0 spiro atoms. The Labute approximate surface area is 157 Å². The summed E-state index contributed by atoms with van der Waals surface area (Å²) in [5.41, 5.74) is 1.29. The fraction of sp³-hybridized carbons (Fsp3) is 0.368. The van der Waals surface area contributed by atoms with Gasteiger partial charge >= 0.3 is 0 Å². The van der Waals surface area contributed by atoms with Gasteiger partial charge in [-0.05, 0) is 24.1 Å². The van der Waals surface area contributed by atoms with Crippen LogP contribution in [0, 0.1) is 34.0 Å². The Balaban J connectivity index is 2.08. The smallest absolute Gasteiger partial charge is 0.243 e. The average Bonchev–Trinajstić information content (AvgIpc) is 2.60. The van der Waals surface area contributed by atoms with Gasteiger partial charge in [-0.25, -0.2) is 0 Å². The second-order valence-electron chi connectivity index (χ2n) is 6.48. The molecule has 0 fully saturated rings. The first-order chi connectivity index (χ1) is 12.3. The molecule has 1 heterocycles. The van der Waals surface area contributed by atoms with Crippen LogP contribution in [0.1, 0.15) is 26.3 Å². The average molecular weight is 368 g/mol. The van der Waals surface area contributed by atoms with Gasteiger partial charge in [0.2, 0.25) is 11.8 Å². The lowest BCUT2D eigenvalue weighted by atomic mass is 9.72. The first-order valence-electron chi connectivity index (χ1n) is 8.20. The summed E-state index contributed by atoms with van der Waals surface area (Å²) < 4.78 is 0. The summed E-state index contributed by atoms with van der Waals surface area (Å²) in [6.07, 6.45) is 0.925. The lowest BCUT2D eigenvalue weighted by molar-refractivity contribution is -0.125. The number of allylic oxidation sites excluding steroid dienone is 1. The van der Waals surface area contributed by atoms with Crippen LogP contribution in [0.25, 0.3) is 0 Å². The zero-order valence-corrected chi connectivity index (χ0v) is 15.7. The van der Waals surface area contributed by atoms with Crippen molar-refractivity contribution >= 4 is 29.3 Å². The summed E-state index contributed by atoms with van der Waals surface area (Å²) in [5.74, 6) is -1.58. The second-order valence-corrected chi connectivity index (χ2v) is 7.46. The van der Waals surface area contributed by atoms with Gasteiger partial charge in [0.05, 0.1) is 28.5 Å². The van der Waals surface area contributed by atoms with Crippen LogP contribution in [0.15, 0.2) is 34.9 Å². The van der Waals surface area contributed by atoms with Crippen LogP contribution in [0.4, 0.5) is 5.69 Å². The van der Waals surface area contributed by atoms with E-state index < -0.39 is 17.2 Å². The highest BCUT2D eigenvalue weighted by molar-refractivity contribution is 8.03. The Bertz CT molecular complexity index is 829. The lowest BCUT2D eigenvalue weighted by Crippen LogP contribution is -2.44. The van der Waals surface area contributed by atoms with Gasteiger partial charge in [-0.1, -0.05) is 44.7 Å². The summed E-state index contributed by atoms with van der Waals surface area (Å²) in [7, 11) is 0. The molecule has 0 saturated carbocycles. The van der Waals surface area contributed by atoms with E-state index in [-0.39, 0.29) is 11.7 Å². The number of carbonyl (C=O) groups is 2. The van der Waals surface area contributed by atoms with Crippen LogP contribution in [0.2, 0.25) is 0 Å². The van der Waals surface area contributed by atoms with Crippen LogP contribution in [-0.2, 0) is 16.0 Å². The summed E-state index contributed by atoms with van der Waals surface area (Å²) in [6, 6.07) is 11.6. The van der Waals surface area contributed by atoms with Gasteiger partial charge in [-0.15, -0.1) is 0 Å². The van der Waals surface area contributed by atoms with Crippen LogP contribution in [0.5, 0.6) is 0 Å². The van der Waals surface area contributed by atoms with E-state index >= 15 is 0 Å². The molecule has 2 rings (SSSR count). The molecule has 7 heteroatoms. The zero-order chi connectivity index (χ0) is 19.3. The van der Waals surface area contributed by atoms with Gasteiger partial charge in [-0.3, -0.25) is 9.59 Å². The van der Waals surface area contributed by atoms with Gasteiger partial charge in [0.25, 0.3) is 0 Å². The van der Waals surface area contributed by atoms with E-state index in [1.807, 2.05) is 30.3 Å². The number of rotatable bonds is 5. The molecule has 2 N–H and O–H groups in total. The minimum atomic E-state index is -0.938. The van der Waals surface area contributed by atoms with E-state index in [1.54, 1.807) is 13.8 Å². The third-order valence-electron chi connectivity index (χ3n) is 4.33. The van der Waals surface area contributed by atoms with Crippen molar-refractivity contribution in [3.05, 3.63) is 40.4 Å². The number of hydrogen-bond acceptors (Lipinski definition) is 5. The summed E-state index contributed by atoms with van der Waals surface area (Å²) in [5, 5.41) is 24.4. The molecule has 1 aromatic carbocycles. The third kappa shape index (κ3) is 4.07. The number of carbonyl (C=O) groups excluding carboxylic acids is 2. The van der Waals surface area contributed by atoms with Crippen LogP contribution >= 0.6 is 11.8 Å². The predicted molar refractivity (Wildman–Crippen MR) is 101 cm³/mol. The molecular formula is C19H20N4O2S. The van der Waals surface area contributed by atoms with Gasteiger partial charge in [0, 0.05) is 11.1 Å². The molecule has 6 nitrogen and oxygen atoms in total. The van der Waals surface area contributed by atoms with E-state index in [0.29, 0.717) is 16.3 Å². The molecule has 2 amide bonds. The highest BCUT2D eigenvalue weighted by atomic mass is 32.2. The lowest BCUT2D eigenvalue weighted by Gasteiger charge is -2.34. The summed E-state index contributed by atoms with van der Waals surface area (Å²) >= 11 is 1.09. The molecule has 1 aliphatic heterocycles. The Hall–Kier alpha value is -2.77. The molecular weight excluding hydrogens is 348 g/mol. The van der Waals surface area contributed by atoms with Crippen molar-refractivity contribution in [1.29, 1.82) is 10.5 Å². The number of aryl methyl sites for hydroxylation is 1. The Morgan fingerprint density at radius 2 is 1.96 bits per heavy atom. The predicted octanol–water partition coefficient (Wildman–Crippen LogP) is 2.95. The second kappa shape index (κ2) is 8.07. The fourth-order valence-electron chi connectivity index (χ4n) is 2.69. The normalized spacial score (nSPS) is 18.5.